The first-order chi connectivity index (χ1) is 8.61. The Morgan fingerprint density at radius 2 is 1.89 bits per heavy atom. The Labute approximate surface area is 112 Å². The highest BCUT2D eigenvalue weighted by atomic mass is 32.2. The average Bonchev–Trinajstić information content (AvgIpc) is 2.41. The monoisotopic (exact) mass is 262 g/mol. The van der Waals surface area contributed by atoms with Gasteiger partial charge in [0.15, 0.2) is 5.78 Å². The smallest absolute Gasteiger partial charge is 0.176 e. The molecule has 0 fully saturated rings. The molecule has 1 atom stereocenters. The molecule has 2 rings (SSSR count). The van der Waals surface area contributed by atoms with Crippen molar-refractivity contribution in [2.75, 3.05) is 12.9 Å². The number of hydrogen-bond acceptors (Lipinski definition) is 3. The van der Waals surface area contributed by atoms with Crippen LogP contribution in [0.2, 0.25) is 0 Å². The van der Waals surface area contributed by atoms with Crippen LogP contribution in [-0.2, 0) is 0 Å². The second-order valence-electron chi connectivity index (χ2n) is 4.66. The topological polar surface area (TPSA) is 26.3 Å². The maximum absolute atomic E-state index is 12.4. The van der Waals surface area contributed by atoms with E-state index in [9.17, 15) is 4.79 Å². The minimum absolute atomic E-state index is 0.0714. The lowest BCUT2D eigenvalue weighted by Gasteiger charge is -2.22. The van der Waals surface area contributed by atoms with Gasteiger partial charge in [0.1, 0.15) is 5.75 Å². The van der Waals surface area contributed by atoms with Crippen LogP contribution >= 0.6 is 11.8 Å². The van der Waals surface area contributed by atoms with Gasteiger partial charge in [-0.15, -0.1) is 11.8 Å². The van der Waals surface area contributed by atoms with Gasteiger partial charge in [0, 0.05) is 11.3 Å². The van der Waals surface area contributed by atoms with Gasteiger partial charge >= 0.3 is 0 Å². The number of thioether (sulfide) groups is 1. The molecule has 18 heavy (non-hydrogen) atoms. The van der Waals surface area contributed by atoms with E-state index >= 15 is 0 Å². The van der Waals surface area contributed by atoms with Crippen molar-refractivity contribution in [1.82, 2.24) is 0 Å². The molecule has 0 N–H and O–H groups in total. The number of methoxy groups -OCH3 is 1. The van der Waals surface area contributed by atoms with Gasteiger partial charge in [-0.1, -0.05) is 11.1 Å². The highest BCUT2D eigenvalue weighted by Crippen LogP contribution is 2.31. The summed E-state index contributed by atoms with van der Waals surface area (Å²) in [5.41, 5.74) is 3.56. The lowest BCUT2D eigenvalue weighted by Crippen LogP contribution is -2.22. The molecular formula is C15H18O2S. The molecule has 1 aliphatic heterocycles. The predicted octanol–water partition coefficient (Wildman–Crippen LogP) is 3.72. The van der Waals surface area contributed by atoms with E-state index in [2.05, 4.69) is 13.8 Å². The highest BCUT2D eigenvalue weighted by molar-refractivity contribution is 8.00. The molecule has 0 radical (unpaired) electrons. The number of rotatable bonds is 3. The van der Waals surface area contributed by atoms with Crippen molar-refractivity contribution >= 4 is 17.5 Å². The van der Waals surface area contributed by atoms with Crippen LogP contribution in [0.15, 0.2) is 35.4 Å². The molecule has 96 valence electrons. The van der Waals surface area contributed by atoms with Gasteiger partial charge in [-0.3, -0.25) is 4.79 Å². The zero-order valence-electron chi connectivity index (χ0n) is 11.0. The summed E-state index contributed by atoms with van der Waals surface area (Å²) in [4.78, 5) is 12.4. The number of benzene rings is 1. The summed E-state index contributed by atoms with van der Waals surface area (Å²) in [5, 5.41) is 0.0714. The van der Waals surface area contributed by atoms with Crippen molar-refractivity contribution in [2.45, 2.75) is 25.5 Å². The SMILES string of the molecule is COc1ccc(C(=O)C2CC(C)=C(C)CS2)cc1. The molecule has 3 heteroatoms. The van der Waals surface area contributed by atoms with Crippen LogP contribution in [0, 0.1) is 0 Å². The second-order valence-corrected chi connectivity index (χ2v) is 5.85. The third-order valence-corrected chi connectivity index (χ3v) is 4.77. The maximum atomic E-state index is 12.4. The molecule has 1 heterocycles. The fourth-order valence-corrected chi connectivity index (χ4v) is 3.32. The Morgan fingerprint density at radius 1 is 1.22 bits per heavy atom. The molecule has 0 saturated heterocycles. The highest BCUT2D eigenvalue weighted by Gasteiger charge is 2.24. The quantitative estimate of drug-likeness (QED) is 0.613. The third kappa shape index (κ3) is 2.78. The van der Waals surface area contributed by atoms with E-state index in [0.717, 1.165) is 23.5 Å². The Morgan fingerprint density at radius 3 is 2.44 bits per heavy atom. The molecule has 2 nitrogen and oxygen atoms in total. The van der Waals surface area contributed by atoms with Gasteiger partial charge in [-0.05, 0) is 44.5 Å². The van der Waals surface area contributed by atoms with E-state index in [1.807, 2.05) is 24.3 Å². The Hall–Kier alpha value is -1.22. The van der Waals surface area contributed by atoms with Crippen molar-refractivity contribution in [3.63, 3.8) is 0 Å². The van der Waals surface area contributed by atoms with E-state index < -0.39 is 0 Å². The van der Waals surface area contributed by atoms with Gasteiger partial charge < -0.3 is 4.74 Å². The average molecular weight is 262 g/mol. The normalized spacial score (nSPS) is 19.8. The standard InChI is InChI=1S/C15H18O2S/c1-10-8-14(18-9-11(10)2)15(16)12-4-6-13(17-3)7-5-12/h4-7,14H,8-9H2,1-3H3. The number of allylic oxidation sites excluding steroid dienone is 1. The largest absolute Gasteiger partial charge is 0.497 e. The summed E-state index contributed by atoms with van der Waals surface area (Å²) in [7, 11) is 1.63. The minimum atomic E-state index is 0.0714. The van der Waals surface area contributed by atoms with Crippen molar-refractivity contribution in [3.05, 3.63) is 41.0 Å². The van der Waals surface area contributed by atoms with Crippen LogP contribution in [0.1, 0.15) is 30.6 Å². The van der Waals surface area contributed by atoms with Gasteiger partial charge in [0.05, 0.1) is 12.4 Å². The third-order valence-electron chi connectivity index (χ3n) is 3.39. The number of hydrogen-bond donors (Lipinski definition) is 0. The molecule has 0 spiro atoms. The molecule has 1 aliphatic rings. The number of carbonyl (C=O) groups is 1. The molecule has 0 aromatic heterocycles. The van der Waals surface area contributed by atoms with Gasteiger partial charge in [0.25, 0.3) is 0 Å². The number of carbonyl (C=O) groups excluding carboxylic acids is 1. The lowest BCUT2D eigenvalue weighted by molar-refractivity contribution is 0.0988. The summed E-state index contributed by atoms with van der Waals surface area (Å²) >= 11 is 1.75. The van der Waals surface area contributed by atoms with Crippen molar-refractivity contribution < 1.29 is 9.53 Å². The summed E-state index contributed by atoms with van der Waals surface area (Å²) < 4.78 is 5.10. The van der Waals surface area contributed by atoms with E-state index in [-0.39, 0.29) is 11.0 Å². The zero-order chi connectivity index (χ0) is 13.1. The summed E-state index contributed by atoms with van der Waals surface area (Å²) in [5.74, 6) is 1.99. The van der Waals surface area contributed by atoms with Crippen LogP contribution in [0.3, 0.4) is 0 Å². The van der Waals surface area contributed by atoms with Crippen LogP contribution in [0.4, 0.5) is 0 Å². The van der Waals surface area contributed by atoms with E-state index in [1.54, 1.807) is 18.9 Å². The van der Waals surface area contributed by atoms with E-state index in [1.165, 1.54) is 11.1 Å². The summed E-state index contributed by atoms with van der Waals surface area (Å²) in [6.45, 7) is 4.28. The molecule has 1 aromatic rings. The number of ether oxygens (including phenoxy) is 1. The van der Waals surface area contributed by atoms with Crippen LogP contribution in [0.25, 0.3) is 0 Å². The van der Waals surface area contributed by atoms with Crippen LogP contribution in [0.5, 0.6) is 5.75 Å². The maximum Gasteiger partial charge on any atom is 0.176 e. The van der Waals surface area contributed by atoms with Crippen molar-refractivity contribution in [2.24, 2.45) is 0 Å². The Kier molecular flexibility index (Phi) is 4.12. The van der Waals surface area contributed by atoms with Crippen molar-refractivity contribution in [1.29, 1.82) is 0 Å². The van der Waals surface area contributed by atoms with E-state index in [4.69, 9.17) is 4.74 Å². The Bertz CT molecular complexity index is 474. The van der Waals surface area contributed by atoms with Gasteiger partial charge in [-0.2, -0.15) is 0 Å². The Balaban J connectivity index is 2.12. The van der Waals surface area contributed by atoms with Crippen LogP contribution < -0.4 is 4.74 Å². The van der Waals surface area contributed by atoms with Gasteiger partial charge in [0.2, 0.25) is 0 Å². The molecular weight excluding hydrogens is 244 g/mol. The number of Topliss-reactive ketones (excluding diaryl/α,β-unsaturated/α-hetero) is 1. The molecule has 1 aromatic carbocycles. The van der Waals surface area contributed by atoms with Gasteiger partial charge in [-0.25, -0.2) is 0 Å². The van der Waals surface area contributed by atoms with E-state index in [0.29, 0.717) is 0 Å². The lowest BCUT2D eigenvalue weighted by atomic mass is 10.00. The molecule has 0 saturated carbocycles. The first-order valence-electron chi connectivity index (χ1n) is 6.07. The van der Waals surface area contributed by atoms with Crippen LogP contribution in [-0.4, -0.2) is 23.9 Å². The molecule has 1 unspecified atom stereocenters. The number of ketones is 1. The first kappa shape index (κ1) is 13.2. The molecule has 0 aliphatic carbocycles. The molecule has 0 bridgehead atoms. The van der Waals surface area contributed by atoms with Crippen molar-refractivity contribution in [3.8, 4) is 5.75 Å². The fourth-order valence-electron chi connectivity index (χ4n) is 1.97. The summed E-state index contributed by atoms with van der Waals surface area (Å²) in [6.07, 6.45) is 0.876. The minimum Gasteiger partial charge on any atom is -0.497 e. The molecule has 0 amide bonds. The first-order valence-corrected chi connectivity index (χ1v) is 7.12. The predicted molar refractivity (Wildman–Crippen MR) is 76.6 cm³/mol. The fraction of sp³-hybridized carbons (Fsp3) is 0.400. The zero-order valence-corrected chi connectivity index (χ0v) is 11.8. The second kappa shape index (κ2) is 5.61. The summed E-state index contributed by atoms with van der Waals surface area (Å²) in [6, 6.07) is 7.38.